The molecule has 1 atom stereocenters. The second-order valence-corrected chi connectivity index (χ2v) is 7.86. The molecule has 0 saturated carbocycles. The zero-order valence-corrected chi connectivity index (χ0v) is 20.0. The van der Waals surface area contributed by atoms with Crippen molar-refractivity contribution < 1.29 is 14.3 Å². The zero-order valence-electron chi connectivity index (χ0n) is 20.0. The lowest BCUT2D eigenvalue weighted by molar-refractivity contribution is 0.0998. The first kappa shape index (κ1) is 25.4. The van der Waals surface area contributed by atoms with Crippen molar-refractivity contribution in [1.29, 1.82) is 0 Å². The van der Waals surface area contributed by atoms with E-state index in [-0.39, 0.29) is 11.9 Å². The molecule has 35 heavy (non-hydrogen) atoms. The summed E-state index contributed by atoms with van der Waals surface area (Å²) < 4.78 is 5.32. The molecule has 3 aromatic rings. The number of amides is 2. The van der Waals surface area contributed by atoms with Gasteiger partial charge in [0.25, 0.3) is 11.8 Å². The lowest BCUT2D eigenvalue weighted by Crippen LogP contribution is -2.22. The minimum atomic E-state index is -0.557. The molecule has 0 saturated heterocycles. The van der Waals surface area contributed by atoms with Crippen molar-refractivity contribution in [2.75, 3.05) is 19.0 Å². The number of hydrogen-bond acceptors (Lipinski definition) is 5. The number of carbonyl (C=O) groups is 2. The lowest BCUT2D eigenvalue weighted by Gasteiger charge is -2.23. The normalized spacial score (nSPS) is 11.7. The smallest absolute Gasteiger partial charge is 0.255 e. The molecule has 7 heteroatoms. The van der Waals surface area contributed by atoms with Crippen LogP contribution < -0.4 is 16.4 Å². The standard InChI is InChI=1S/C28H30N4O3/c1-4-30-26-23(14-9-15-24(26)27(29)33)19(2)31-25(16-17-35-3)21-12-8-13-22(18-21)32-28(34)20-10-6-5-7-11-20/h4-15,18,25,31H,2,16-17H2,1,3H3,(H2,29,33)(H,32,34). The fourth-order valence-electron chi connectivity index (χ4n) is 3.73. The van der Waals surface area contributed by atoms with E-state index < -0.39 is 5.91 Å². The summed E-state index contributed by atoms with van der Waals surface area (Å²) in [5, 5.41) is 6.40. The molecule has 0 fully saturated rings. The van der Waals surface area contributed by atoms with Gasteiger partial charge in [0.2, 0.25) is 0 Å². The number of nitrogens with one attached hydrogen (secondary N) is 2. The third kappa shape index (κ3) is 6.65. The molecule has 4 N–H and O–H groups in total. The molecule has 0 aromatic heterocycles. The Kier molecular flexibility index (Phi) is 8.92. The Morgan fingerprint density at radius 2 is 1.77 bits per heavy atom. The fraction of sp³-hybridized carbons (Fsp3) is 0.179. The van der Waals surface area contributed by atoms with Gasteiger partial charge in [-0.2, -0.15) is 0 Å². The van der Waals surface area contributed by atoms with Gasteiger partial charge in [-0.25, -0.2) is 0 Å². The topological polar surface area (TPSA) is 106 Å². The number of aliphatic imine (C=N–C) groups is 1. The van der Waals surface area contributed by atoms with Crippen LogP contribution in [0.1, 0.15) is 51.2 Å². The van der Waals surface area contributed by atoms with E-state index in [1.54, 1.807) is 44.5 Å². The largest absolute Gasteiger partial charge is 0.385 e. The van der Waals surface area contributed by atoms with Crippen LogP contribution in [0.5, 0.6) is 0 Å². The SMILES string of the molecule is C=C(NC(CCOC)c1cccc(NC(=O)c2ccccc2)c1)c1cccc(C(N)=O)c1N=CC. The van der Waals surface area contributed by atoms with E-state index >= 15 is 0 Å². The molecule has 0 bridgehead atoms. The van der Waals surface area contributed by atoms with Gasteiger partial charge in [-0.3, -0.25) is 14.6 Å². The number of benzene rings is 3. The highest BCUT2D eigenvalue weighted by Gasteiger charge is 2.18. The second kappa shape index (κ2) is 12.3. The molecule has 0 radical (unpaired) electrons. The van der Waals surface area contributed by atoms with Crippen LogP contribution in [0, 0.1) is 0 Å². The Morgan fingerprint density at radius 1 is 1.06 bits per heavy atom. The van der Waals surface area contributed by atoms with Gasteiger partial charge in [0.05, 0.1) is 17.3 Å². The Hall–Kier alpha value is -4.23. The third-order valence-corrected chi connectivity index (χ3v) is 5.43. The summed E-state index contributed by atoms with van der Waals surface area (Å²) >= 11 is 0. The number of nitrogens with two attached hydrogens (primary N) is 1. The summed E-state index contributed by atoms with van der Waals surface area (Å²) in [4.78, 5) is 28.9. The van der Waals surface area contributed by atoms with Crippen LogP contribution in [0.2, 0.25) is 0 Å². The van der Waals surface area contributed by atoms with Crippen molar-refractivity contribution in [2.24, 2.45) is 10.7 Å². The lowest BCUT2D eigenvalue weighted by atomic mass is 10.00. The van der Waals surface area contributed by atoms with Crippen LogP contribution in [0.4, 0.5) is 11.4 Å². The van der Waals surface area contributed by atoms with Crippen molar-refractivity contribution in [2.45, 2.75) is 19.4 Å². The average Bonchev–Trinajstić information content (AvgIpc) is 2.87. The first-order valence-electron chi connectivity index (χ1n) is 11.3. The number of carbonyl (C=O) groups excluding carboxylic acids is 2. The quantitative estimate of drug-likeness (QED) is 0.339. The van der Waals surface area contributed by atoms with Gasteiger partial charge < -0.3 is 21.1 Å². The van der Waals surface area contributed by atoms with Crippen molar-refractivity contribution in [3.05, 3.63) is 102 Å². The zero-order chi connectivity index (χ0) is 25.2. The number of ether oxygens (including phenoxy) is 1. The first-order valence-corrected chi connectivity index (χ1v) is 11.3. The van der Waals surface area contributed by atoms with Gasteiger partial charge in [-0.1, -0.05) is 49.0 Å². The molecule has 180 valence electrons. The maximum atomic E-state index is 12.6. The highest BCUT2D eigenvalue weighted by molar-refractivity contribution is 6.04. The minimum absolute atomic E-state index is 0.174. The van der Waals surface area contributed by atoms with Crippen LogP contribution in [0.25, 0.3) is 5.70 Å². The second-order valence-electron chi connectivity index (χ2n) is 7.86. The van der Waals surface area contributed by atoms with Crippen molar-refractivity contribution in [3.8, 4) is 0 Å². The van der Waals surface area contributed by atoms with Gasteiger partial charge in [-0.15, -0.1) is 0 Å². The van der Waals surface area contributed by atoms with E-state index in [2.05, 4.69) is 22.2 Å². The number of nitrogens with zero attached hydrogens (tertiary/aromatic N) is 1. The first-order chi connectivity index (χ1) is 16.9. The molecule has 0 spiro atoms. The van der Waals surface area contributed by atoms with E-state index in [1.807, 2.05) is 48.5 Å². The molecule has 0 aliphatic rings. The highest BCUT2D eigenvalue weighted by atomic mass is 16.5. The summed E-state index contributed by atoms with van der Waals surface area (Å²) in [6.45, 7) is 6.48. The van der Waals surface area contributed by atoms with Gasteiger partial charge in [-0.05, 0) is 49.2 Å². The Labute approximate surface area is 205 Å². The molecule has 0 heterocycles. The molecule has 3 aromatic carbocycles. The van der Waals surface area contributed by atoms with Crippen LogP contribution in [0.3, 0.4) is 0 Å². The third-order valence-electron chi connectivity index (χ3n) is 5.43. The van der Waals surface area contributed by atoms with E-state index in [0.717, 1.165) is 5.56 Å². The van der Waals surface area contributed by atoms with Crippen LogP contribution in [-0.4, -0.2) is 31.7 Å². The van der Waals surface area contributed by atoms with E-state index in [9.17, 15) is 9.59 Å². The number of methoxy groups -OCH3 is 1. The number of hydrogen-bond donors (Lipinski definition) is 3. The maximum absolute atomic E-state index is 12.6. The van der Waals surface area contributed by atoms with Crippen LogP contribution >= 0.6 is 0 Å². The Bertz CT molecular complexity index is 1220. The molecule has 0 aliphatic heterocycles. The molecular weight excluding hydrogens is 440 g/mol. The molecule has 2 amide bonds. The molecule has 3 rings (SSSR count). The van der Waals surface area contributed by atoms with Gasteiger partial charge in [0.15, 0.2) is 0 Å². The van der Waals surface area contributed by atoms with Crippen molar-refractivity contribution in [3.63, 3.8) is 0 Å². The number of para-hydroxylation sites is 1. The number of primary amides is 1. The van der Waals surface area contributed by atoms with Crippen LogP contribution in [0.15, 0.2) is 84.4 Å². The fourth-order valence-corrected chi connectivity index (χ4v) is 3.73. The Balaban J connectivity index is 1.87. The minimum Gasteiger partial charge on any atom is -0.385 e. The highest BCUT2D eigenvalue weighted by Crippen LogP contribution is 2.31. The van der Waals surface area contributed by atoms with Crippen LogP contribution in [-0.2, 0) is 4.74 Å². The van der Waals surface area contributed by atoms with E-state index in [4.69, 9.17) is 10.5 Å². The average molecular weight is 471 g/mol. The summed E-state index contributed by atoms with van der Waals surface area (Å²) in [5.41, 5.74) is 9.82. The predicted octanol–water partition coefficient (Wildman–Crippen LogP) is 5.10. The van der Waals surface area contributed by atoms with Crippen molar-refractivity contribution in [1.82, 2.24) is 5.32 Å². The molecule has 0 aliphatic carbocycles. The predicted molar refractivity (Wildman–Crippen MR) is 141 cm³/mol. The van der Waals surface area contributed by atoms with E-state index in [0.29, 0.717) is 46.8 Å². The van der Waals surface area contributed by atoms with Gasteiger partial charge >= 0.3 is 0 Å². The summed E-state index contributed by atoms with van der Waals surface area (Å²) in [7, 11) is 1.65. The number of anilines is 1. The number of rotatable bonds is 11. The molecule has 7 nitrogen and oxygen atoms in total. The molecule has 1 unspecified atom stereocenters. The summed E-state index contributed by atoms with van der Waals surface area (Å²) in [6.07, 6.45) is 2.26. The summed E-state index contributed by atoms with van der Waals surface area (Å²) in [5.74, 6) is -0.739. The maximum Gasteiger partial charge on any atom is 0.255 e. The van der Waals surface area contributed by atoms with Crippen molar-refractivity contribution >= 4 is 35.1 Å². The van der Waals surface area contributed by atoms with Gasteiger partial charge in [0, 0.05) is 42.4 Å². The Morgan fingerprint density at radius 3 is 2.46 bits per heavy atom. The van der Waals surface area contributed by atoms with E-state index in [1.165, 1.54) is 0 Å². The van der Waals surface area contributed by atoms with Gasteiger partial charge in [0.1, 0.15) is 0 Å². The summed E-state index contributed by atoms with van der Waals surface area (Å²) in [6, 6.07) is 21.7. The molecular formula is C28H30N4O3. The monoisotopic (exact) mass is 470 g/mol.